The third-order valence-electron chi connectivity index (χ3n) is 2.52. The van der Waals surface area contributed by atoms with Crippen molar-refractivity contribution >= 4 is 17.9 Å². The number of urea groups is 1. The molecule has 0 aromatic carbocycles. The molecule has 21 heavy (non-hydrogen) atoms. The van der Waals surface area contributed by atoms with Crippen LogP contribution in [0.4, 0.5) is 18.0 Å². The predicted octanol–water partition coefficient (Wildman–Crippen LogP) is -0.840. The fraction of sp³-hybridized carbons (Fsp3) is 0.700. The second kappa shape index (κ2) is 7.11. The molecular weight excluding hydrogens is 299 g/mol. The number of carboxylic acid groups (broad SMARTS) is 1. The van der Waals surface area contributed by atoms with Crippen molar-refractivity contribution < 1.29 is 37.4 Å². The Hall–Kier alpha value is -2.04. The smallest absolute Gasteiger partial charge is 0.411 e. The van der Waals surface area contributed by atoms with E-state index in [9.17, 15) is 27.6 Å². The van der Waals surface area contributed by atoms with Gasteiger partial charge in [0.1, 0.15) is 19.2 Å². The molecule has 1 atom stereocenters. The maximum atomic E-state index is 11.8. The van der Waals surface area contributed by atoms with Gasteiger partial charge in [-0.25, -0.2) is 9.59 Å². The number of ether oxygens (including phenoxy) is 1. The van der Waals surface area contributed by atoms with Crippen LogP contribution < -0.4 is 10.6 Å². The van der Waals surface area contributed by atoms with Crippen molar-refractivity contribution in [2.75, 3.05) is 32.8 Å². The molecule has 0 radical (unpaired) electrons. The number of aliphatic carboxylic acids is 1. The largest absolute Gasteiger partial charge is 0.480 e. The summed E-state index contributed by atoms with van der Waals surface area (Å²) in [6.45, 7) is -2.73. The number of carboxylic acids is 1. The molecule has 3 amide bonds. The standard InChI is InChI=1S/C10H14F3N3O5/c11-10(12,13)5-21-2-1-14-9(20)16-4-7(17)15-3-6(16)8(18)19/h6H,1-5H2,(H,14,20)(H,15,17)(H,18,19). The number of nitrogens with one attached hydrogen (secondary N) is 2. The van der Waals surface area contributed by atoms with Crippen LogP contribution in [0.25, 0.3) is 0 Å². The van der Waals surface area contributed by atoms with Crippen LogP contribution in [0, 0.1) is 0 Å². The molecule has 1 unspecified atom stereocenters. The number of carbonyl (C=O) groups excluding carboxylic acids is 2. The van der Waals surface area contributed by atoms with E-state index in [1.807, 2.05) is 0 Å². The Morgan fingerprint density at radius 3 is 2.71 bits per heavy atom. The number of halogens is 3. The van der Waals surface area contributed by atoms with E-state index < -0.39 is 43.3 Å². The molecule has 11 heteroatoms. The third-order valence-corrected chi connectivity index (χ3v) is 2.52. The van der Waals surface area contributed by atoms with Crippen molar-refractivity contribution in [1.82, 2.24) is 15.5 Å². The predicted molar refractivity (Wildman–Crippen MR) is 61.4 cm³/mol. The Kier molecular flexibility index (Phi) is 5.76. The van der Waals surface area contributed by atoms with E-state index in [0.717, 1.165) is 4.90 Å². The van der Waals surface area contributed by atoms with Crippen LogP contribution in [-0.4, -0.2) is 73.0 Å². The lowest BCUT2D eigenvalue weighted by Gasteiger charge is -2.32. The first-order chi connectivity index (χ1) is 9.70. The molecule has 0 aliphatic carbocycles. The van der Waals surface area contributed by atoms with Gasteiger partial charge in [0.05, 0.1) is 6.61 Å². The number of piperazine rings is 1. The van der Waals surface area contributed by atoms with E-state index in [4.69, 9.17) is 5.11 Å². The van der Waals surface area contributed by atoms with Crippen LogP contribution in [0.15, 0.2) is 0 Å². The molecule has 0 saturated carbocycles. The quantitative estimate of drug-likeness (QED) is 0.574. The molecule has 0 spiro atoms. The highest BCUT2D eigenvalue weighted by atomic mass is 19.4. The van der Waals surface area contributed by atoms with Crippen LogP contribution in [0.5, 0.6) is 0 Å². The Labute approximate surface area is 117 Å². The van der Waals surface area contributed by atoms with Crippen molar-refractivity contribution in [1.29, 1.82) is 0 Å². The van der Waals surface area contributed by atoms with Crippen molar-refractivity contribution in [2.45, 2.75) is 12.2 Å². The lowest BCUT2D eigenvalue weighted by Crippen LogP contribution is -2.61. The summed E-state index contributed by atoms with van der Waals surface area (Å²) in [7, 11) is 0. The van der Waals surface area contributed by atoms with Gasteiger partial charge in [-0.3, -0.25) is 9.69 Å². The van der Waals surface area contributed by atoms with Gasteiger partial charge in [0, 0.05) is 13.1 Å². The minimum absolute atomic E-state index is 0.230. The van der Waals surface area contributed by atoms with Crippen LogP contribution in [0.2, 0.25) is 0 Å². The summed E-state index contributed by atoms with van der Waals surface area (Å²) < 4.78 is 39.6. The zero-order chi connectivity index (χ0) is 16.0. The van der Waals surface area contributed by atoms with E-state index in [1.54, 1.807) is 0 Å². The molecule has 3 N–H and O–H groups in total. The van der Waals surface area contributed by atoms with Gasteiger partial charge in [0.25, 0.3) is 0 Å². The normalized spacial score (nSPS) is 19.1. The molecule has 8 nitrogen and oxygen atoms in total. The topological polar surface area (TPSA) is 108 Å². The number of alkyl halides is 3. The summed E-state index contributed by atoms with van der Waals surface area (Å²) >= 11 is 0. The Balaban J connectivity index is 2.38. The summed E-state index contributed by atoms with van der Waals surface area (Å²) in [5, 5.41) is 13.4. The van der Waals surface area contributed by atoms with E-state index >= 15 is 0 Å². The second-order valence-electron chi connectivity index (χ2n) is 4.19. The molecule has 0 bridgehead atoms. The highest BCUT2D eigenvalue weighted by molar-refractivity contribution is 5.90. The number of hydrogen-bond donors (Lipinski definition) is 3. The third kappa shape index (κ3) is 5.85. The zero-order valence-electron chi connectivity index (χ0n) is 10.8. The van der Waals surface area contributed by atoms with Crippen molar-refractivity contribution in [2.24, 2.45) is 0 Å². The van der Waals surface area contributed by atoms with Crippen molar-refractivity contribution in [3.63, 3.8) is 0 Å². The van der Waals surface area contributed by atoms with Gasteiger partial charge in [0.2, 0.25) is 5.91 Å². The molecule has 1 heterocycles. The van der Waals surface area contributed by atoms with Crippen molar-refractivity contribution in [3.05, 3.63) is 0 Å². The summed E-state index contributed by atoms with van der Waals surface area (Å²) in [5.41, 5.74) is 0. The molecule has 1 aliphatic heterocycles. The number of rotatable bonds is 5. The first-order valence-corrected chi connectivity index (χ1v) is 5.89. The zero-order valence-corrected chi connectivity index (χ0v) is 10.8. The lowest BCUT2D eigenvalue weighted by molar-refractivity contribution is -0.173. The number of carbonyl (C=O) groups is 3. The highest BCUT2D eigenvalue weighted by Gasteiger charge is 2.35. The van der Waals surface area contributed by atoms with Gasteiger partial charge in [-0.2, -0.15) is 13.2 Å². The van der Waals surface area contributed by atoms with E-state index in [-0.39, 0.29) is 19.7 Å². The fourth-order valence-electron chi connectivity index (χ4n) is 1.60. The van der Waals surface area contributed by atoms with Crippen LogP contribution in [0.1, 0.15) is 0 Å². The molecular formula is C10H14F3N3O5. The minimum Gasteiger partial charge on any atom is -0.480 e. The van der Waals surface area contributed by atoms with Crippen LogP contribution >= 0.6 is 0 Å². The maximum absolute atomic E-state index is 11.8. The molecule has 1 saturated heterocycles. The number of amides is 3. The first-order valence-electron chi connectivity index (χ1n) is 5.89. The van der Waals surface area contributed by atoms with Gasteiger partial charge in [-0.1, -0.05) is 0 Å². The van der Waals surface area contributed by atoms with Gasteiger partial charge in [-0.05, 0) is 0 Å². The van der Waals surface area contributed by atoms with Crippen molar-refractivity contribution in [3.8, 4) is 0 Å². The Morgan fingerprint density at radius 2 is 2.14 bits per heavy atom. The fourth-order valence-corrected chi connectivity index (χ4v) is 1.60. The van der Waals surface area contributed by atoms with Gasteiger partial charge < -0.3 is 20.5 Å². The van der Waals surface area contributed by atoms with E-state index in [1.165, 1.54) is 0 Å². The lowest BCUT2D eigenvalue weighted by atomic mass is 10.2. The van der Waals surface area contributed by atoms with Crippen LogP contribution in [-0.2, 0) is 14.3 Å². The molecule has 1 fully saturated rings. The average Bonchev–Trinajstić information content (AvgIpc) is 2.36. The number of nitrogens with zero attached hydrogens (tertiary/aromatic N) is 1. The SMILES string of the molecule is O=C1CN(C(=O)NCCOCC(F)(F)F)C(C(=O)O)CN1. The second-order valence-corrected chi connectivity index (χ2v) is 4.19. The maximum Gasteiger partial charge on any atom is 0.411 e. The average molecular weight is 313 g/mol. The van der Waals surface area contributed by atoms with Crippen LogP contribution in [0.3, 0.4) is 0 Å². The molecule has 0 aromatic heterocycles. The molecule has 0 aromatic rings. The minimum atomic E-state index is -4.45. The summed E-state index contributed by atoms with van der Waals surface area (Å²) in [4.78, 5) is 34.6. The summed E-state index contributed by atoms with van der Waals surface area (Å²) in [5.74, 6) is -1.81. The Bertz CT molecular complexity index is 415. The molecule has 1 aliphatic rings. The first kappa shape index (κ1) is 17.0. The Morgan fingerprint density at radius 1 is 1.48 bits per heavy atom. The molecule has 1 rings (SSSR count). The van der Waals surface area contributed by atoms with E-state index in [0.29, 0.717) is 0 Å². The summed E-state index contributed by atoms with van der Waals surface area (Å²) in [6.07, 6.45) is -4.45. The monoisotopic (exact) mass is 313 g/mol. The summed E-state index contributed by atoms with van der Waals surface area (Å²) in [6, 6.07) is -2.08. The van der Waals surface area contributed by atoms with Gasteiger partial charge in [0.15, 0.2) is 0 Å². The number of hydrogen-bond acceptors (Lipinski definition) is 4. The van der Waals surface area contributed by atoms with Gasteiger partial charge in [-0.15, -0.1) is 0 Å². The van der Waals surface area contributed by atoms with Gasteiger partial charge >= 0.3 is 18.2 Å². The molecule has 120 valence electrons. The van der Waals surface area contributed by atoms with E-state index in [2.05, 4.69) is 15.4 Å². The highest BCUT2D eigenvalue weighted by Crippen LogP contribution is 2.14.